The van der Waals surface area contributed by atoms with Crippen molar-refractivity contribution in [3.63, 3.8) is 0 Å². The predicted octanol–water partition coefficient (Wildman–Crippen LogP) is 2.17. The van der Waals surface area contributed by atoms with Crippen LogP contribution in [0.25, 0.3) is 0 Å². The Bertz CT molecular complexity index is 909. The first-order valence-corrected chi connectivity index (χ1v) is 10.4. The molecule has 2 aromatic carbocycles. The van der Waals surface area contributed by atoms with Crippen LogP contribution in [-0.4, -0.2) is 55.7 Å². The first kappa shape index (κ1) is 19.7. The van der Waals surface area contributed by atoms with E-state index < -0.39 is 6.04 Å². The summed E-state index contributed by atoms with van der Waals surface area (Å²) in [5, 5.41) is 0.732. The molecule has 29 heavy (non-hydrogen) atoms. The van der Waals surface area contributed by atoms with Gasteiger partial charge in [0.25, 0.3) is 5.91 Å². The number of benzene rings is 2. The van der Waals surface area contributed by atoms with Gasteiger partial charge < -0.3 is 9.80 Å². The van der Waals surface area contributed by atoms with Crippen molar-refractivity contribution in [3.8, 4) is 0 Å². The number of amides is 3. The molecule has 0 aromatic heterocycles. The molecule has 2 heterocycles. The van der Waals surface area contributed by atoms with Crippen LogP contribution in [0.15, 0.2) is 48.5 Å². The van der Waals surface area contributed by atoms with Gasteiger partial charge in [0.1, 0.15) is 6.04 Å². The molecule has 1 atom stereocenters. The van der Waals surface area contributed by atoms with Gasteiger partial charge in [-0.1, -0.05) is 35.4 Å². The molecule has 0 bridgehead atoms. The molecule has 0 spiro atoms. The third-order valence-corrected chi connectivity index (χ3v) is 6.02. The zero-order valence-electron chi connectivity index (χ0n) is 16.8. The monoisotopic (exact) mass is 413 g/mol. The number of nitrogens with zero attached hydrogens (tertiary/aromatic N) is 3. The third kappa shape index (κ3) is 3.95. The zero-order valence-corrected chi connectivity index (χ0v) is 17.5. The minimum absolute atomic E-state index is 0.125. The molecule has 2 fully saturated rings. The fourth-order valence-corrected chi connectivity index (χ4v) is 4.23. The molecular formula is C22H26ClN4O2+. The fourth-order valence-electron chi connectivity index (χ4n) is 4.05. The van der Waals surface area contributed by atoms with Crippen LogP contribution < -0.4 is 14.7 Å². The Balaban J connectivity index is 1.40. The van der Waals surface area contributed by atoms with E-state index in [1.807, 2.05) is 49.4 Å². The summed E-state index contributed by atoms with van der Waals surface area (Å²) in [5.41, 5.74) is 3.01. The van der Waals surface area contributed by atoms with Gasteiger partial charge in [0.05, 0.1) is 26.2 Å². The highest BCUT2D eigenvalue weighted by Crippen LogP contribution is 2.25. The number of hydrogen-bond donors (Lipinski definition) is 1. The van der Waals surface area contributed by atoms with Crippen molar-refractivity contribution < 1.29 is 14.5 Å². The molecule has 2 aromatic rings. The fraction of sp³-hybridized carbons (Fsp3) is 0.364. The molecule has 6 nitrogen and oxygen atoms in total. The van der Waals surface area contributed by atoms with Crippen molar-refractivity contribution in [2.75, 3.05) is 42.6 Å². The van der Waals surface area contributed by atoms with E-state index in [-0.39, 0.29) is 11.9 Å². The molecule has 2 saturated heterocycles. The average Bonchev–Trinajstić information content (AvgIpc) is 2.93. The zero-order chi connectivity index (χ0) is 20.5. The largest absolute Gasteiger partial charge is 0.360 e. The smallest absolute Gasteiger partial charge is 0.336 e. The summed E-state index contributed by atoms with van der Waals surface area (Å²) in [6.45, 7) is 7.67. The highest BCUT2D eigenvalue weighted by Gasteiger charge is 2.45. The number of piperazine rings is 1. The lowest BCUT2D eigenvalue weighted by Crippen LogP contribution is -3.16. The van der Waals surface area contributed by atoms with Crippen LogP contribution in [0.5, 0.6) is 0 Å². The van der Waals surface area contributed by atoms with Gasteiger partial charge in [0.2, 0.25) is 0 Å². The molecule has 152 valence electrons. The summed E-state index contributed by atoms with van der Waals surface area (Å²) in [4.78, 5) is 32.3. The Morgan fingerprint density at radius 3 is 2.38 bits per heavy atom. The van der Waals surface area contributed by atoms with Gasteiger partial charge in [-0.15, -0.1) is 0 Å². The quantitative estimate of drug-likeness (QED) is 0.781. The summed E-state index contributed by atoms with van der Waals surface area (Å²) >= 11 is 6.11. The second-order valence-electron chi connectivity index (χ2n) is 7.81. The van der Waals surface area contributed by atoms with Gasteiger partial charge >= 0.3 is 6.03 Å². The lowest BCUT2D eigenvalue weighted by molar-refractivity contribution is -0.907. The average molecular weight is 414 g/mol. The number of hydrogen-bond acceptors (Lipinski definition) is 3. The Morgan fingerprint density at radius 2 is 1.72 bits per heavy atom. The van der Waals surface area contributed by atoms with Gasteiger partial charge in [-0.05, 0) is 44.2 Å². The predicted molar refractivity (Wildman–Crippen MR) is 115 cm³/mol. The van der Waals surface area contributed by atoms with Gasteiger partial charge in [-0.2, -0.15) is 0 Å². The number of halogens is 1. The molecule has 1 N–H and O–H groups in total. The second-order valence-corrected chi connectivity index (χ2v) is 8.24. The highest BCUT2D eigenvalue weighted by atomic mass is 35.5. The summed E-state index contributed by atoms with van der Waals surface area (Å²) in [5.74, 6) is -0.125. The van der Waals surface area contributed by atoms with Crippen LogP contribution in [0, 0.1) is 6.92 Å². The van der Waals surface area contributed by atoms with E-state index in [9.17, 15) is 9.59 Å². The SMILES string of the molecule is Cc1ccc(N2C(=O)N(C[NH+]3CCN(c4cccc(Cl)c4)CC3)C(=O)[C@H]2C)cc1. The van der Waals surface area contributed by atoms with Crippen LogP contribution in [-0.2, 0) is 4.79 Å². The molecule has 2 aliphatic rings. The molecule has 0 unspecified atom stereocenters. The van der Waals surface area contributed by atoms with Crippen molar-refractivity contribution in [3.05, 3.63) is 59.1 Å². The first-order chi connectivity index (χ1) is 13.9. The van der Waals surface area contributed by atoms with E-state index in [4.69, 9.17) is 11.6 Å². The van der Waals surface area contributed by atoms with E-state index in [0.29, 0.717) is 6.67 Å². The van der Waals surface area contributed by atoms with E-state index >= 15 is 0 Å². The standard InChI is InChI=1S/C22H25ClN4O2/c1-16-6-8-19(9-7-16)27-17(2)21(28)26(22(27)29)15-24-10-12-25(13-11-24)20-5-3-4-18(23)14-20/h3-9,14,17H,10-13,15H2,1-2H3/p+1/t17-/m1/s1. The first-order valence-electron chi connectivity index (χ1n) is 9.99. The highest BCUT2D eigenvalue weighted by molar-refractivity contribution is 6.30. The van der Waals surface area contributed by atoms with Crippen LogP contribution in [0.1, 0.15) is 12.5 Å². The molecular weight excluding hydrogens is 388 g/mol. The van der Waals surface area contributed by atoms with Gasteiger partial charge in [-0.25, -0.2) is 9.69 Å². The Hall–Kier alpha value is -2.57. The van der Waals surface area contributed by atoms with Crippen LogP contribution in [0.2, 0.25) is 5.02 Å². The maximum absolute atomic E-state index is 13.0. The number of anilines is 2. The number of carbonyl (C=O) groups is 2. The van der Waals surface area contributed by atoms with Crippen molar-refractivity contribution in [1.29, 1.82) is 0 Å². The molecule has 4 rings (SSSR count). The molecule has 2 aliphatic heterocycles. The summed E-state index contributed by atoms with van der Waals surface area (Å²) in [6.07, 6.45) is 0. The molecule has 3 amide bonds. The van der Waals surface area contributed by atoms with Crippen molar-refractivity contribution >= 4 is 34.9 Å². The minimum atomic E-state index is -0.475. The second kappa shape index (κ2) is 8.05. The number of nitrogens with one attached hydrogen (secondary N) is 1. The molecule has 0 radical (unpaired) electrons. The van der Waals surface area contributed by atoms with E-state index in [0.717, 1.165) is 48.1 Å². The topological polar surface area (TPSA) is 48.3 Å². The number of urea groups is 1. The van der Waals surface area contributed by atoms with Crippen molar-refractivity contribution in [1.82, 2.24) is 4.90 Å². The maximum Gasteiger partial charge on any atom is 0.336 e. The minimum Gasteiger partial charge on any atom is -0.360 e. The third-order valence-electron chi connectivity index (χ3n) is 5.79. The lowest BCUT2D eigenvalue weighted by Gasteiger charge is -2.34. The lowest BCUT2D eigenvalue weighted by atomic mass is 10.2. The van der Waals surface area contributed by atoms with E-state index in [1.165, 1.54) is 9.80 Å². The van der Waals surface area contributed by atoms with E-state index in [1.54, 1.807) is 11.8 Å². The van der Waals surface area contributed by atoms with Gasteiger partial charge in [0.15, 0.2) is 6.67 Å². The number of imide groups is 1. The van der Waals surface area contributed by atoms with Crippen molar-refractivity contribution in [2.24, 2.45) is 0 Å². The number of rotatable bonds is 4. The van der Waals surface area contributed by atoms with Gasteiger partial charge in [-0.3, -0.25) is 9.69 Å². The summed E-state index contributed by atoms with van der Waals surface area (Å²) in [6, 6.07) is 14.9. The molecule has 0 aliphatic carbocycles. The summed E-state index contributed by atoms with van der Waals surface area (Å²) in [7, 11) is 0. The van der Waals surface area contributed by atoms with Crippen LogP contribution >= 0.6 is 11.6 Å². The Labute approximate surface area is 176 Å². The Morgan fingerprint density at radius 1 is 1.03 bits per heavy atom. The van der Waals surface area contributed by atoms with Crippen molar-refractivity contribution in [2.45, 2.75) is 19.9 Å². The molecule has 7 heteroatoms. The Kier molecular flexibility index (Phi) is 5.48. The van der Waals surface area contributed by atoms with Crippen LogP contribution in [0.3, 0.4) is 0 Å². The van der Waals surface area contributed by atoms with Crippen LogP contribution in [0.4, 0.5) is 16.2 Å². The van der Waals surface area contributed by atoms with E-state index in [2.05, 4.69) is 11.0 Å². The number of aryl methyl sites for hydroxylation is 1. The maximum atomic E-state index is 13.0. The molecule has 0 saturated carbocycles. The number of quaternary nitrogens is 1. The summed E-state index contributed by atoms with van der Waals surface area (Å²) < 4.78 is 0. The number of carbonyl (C=O) groups excluding carboxylic acids is 2. The normalized spacial score (nSPS) is 20.7. The van der Waals surface area contributed by atoms with Gasteiger partial charge in [0, 0.05) is 16.4 Å².